The molecule has 3 N–H and O–H groups in total. The average Bonchev–Trinajstić information content (AvgIpc) is 3.29. The Morgan fingerprint density at radius 3 is 2.74 bits per heavy atom. The second-order valence-electron chi connectivity index (χ2n) is 7.59. The molecule has 1 aliphatic heterocycles. The number of benzene rings is 1. The van der Waals surface area contributed by atoms with Crippen molar-refractivity contribution in [3.8, 4) is 12.1 Å². The van der Waals surface area contributed by atoms with Crippen molar-refractivity contribution in [3.05, 3.63) is 29.8 Å². The molecule has 0 radical (unpaired) electrons. The van der Waals surface area contributed by atoms with E-state index in [0.717, 1.165) is 6.92 Å². The van der Waals surface area contributed by atoms with E-state index in [1.807, 2.05) is 6.07 Å². The molecule has 1 heterocycles. The van der Waals surface area contributed by atoms with Crippen molar-refractivity contribution in [1.82, 2.24) is 14.9 Å². The molecular formula is C21H27N5O7S2. The lowest BCUT2D eigenvalue weighted by Gasteiger charge is -2.32. The Labute approximate surface area is 208 Å². The highest BCUT2D eigenvalue weighted by molar-refractivity contribution is 7.99. The summed E-state index contributed by atoms with van der Waals surface area (Å²) in [6, 6.07) is 8.09. The highest BCUT2D eigenvalue weighted by Crippen LogP contribution is 2.24. The van der Waals surface area contributed by atoms with Gasteiger partial charge in [-0.2, -0.15) is 10.5 Å². The summed E-state index contributed by atoms with van der Waals surface area (Å²) in [6.45, 7) is 2.50. The third-order valence-corrected chi connectivity index (χ3v) is 7.42. The summed E-state index contributed by atoms with van der Waals surface area (Å²) < 4.78 is 37.2. The molecule has 0 aromatic heterocycles. The fourth-order valence-corrected chi connectivity index (χ4v) is 5.55. The zero-order valence-electron chi connectivity index (χ0n) is 19.2. The van der Waals surface area contributed by atoms with Crippen LogP contribution in [0.2, 0.25) is 0 Å². The maximum atomic E-state index is 12.5. The number of nitrogens with zero attached hydrogens (tertiary/aromatic N) is 3. The lowest BCUT2D eigenvalue weighted by atomic mass is 10.1. The minimum atomic E-state index is -3.87. The Hall–Kier alpha value is -2.88. The van der Waals surface area contributed by atoms with E-state index in [1.165, 1.54) is 47.9 Å². The average molecular weight is 526 g/mol. The van der Waals surface area contributed by atoms with Crippen LogP contribution in [-0.2, 0) is 24.3 Å². The van der Waals surface area contributed by atoms with Crippen LogP contribution in [0.25, 0.3) is 0 Å². The van der Waals surface area contributed by atoms with Crippen LogP contribution in [-0.4, -0.2) is 73.3 Å². The fourth-order valence-electron chi connectivity index (χ4n) is 3.29. The number of thioether (sulfide) groups is 1. The van der Waals surface area contributed by atoms with Crippen molar-refractivity contribution in [2.24, 2.45) is 0 Å². The van der Waals surface area contributed by atoms with E-state index in [-0.39, 0.29) is 29.8 Å². The number of esters is 1. The molecule has 1 saturated heterocycles. The number of nitriles is 2. The molecule has 0 saturated carbocycles. The standard InChI is InChI=1S/C21H27N5O7S2/c1-14(27)32-15(2)33-21(29)25-19(20(28)26-13-34-12-17(26)11-23)7-4-8-24-35(30,31)18-6-3-5-16(9-18)10-22/h3,5-6,9,15,17,19-20,24,28H,4,7-8,12-13H2,1-2H3,(H,25,29)/t15?,17-,19+,20?/m1/s1. The first kappa shape index (κ1) is 28.4. The van der Waals surface area contributed by atoms with E-state index in [1.54, 1.807) is 0 Å². The van der Waals surface area contributed by atoms with Crippen LogP contribution in [0.1, 0.15) is 32.3 Å². The van der Waals surface area contributed by atoms with Gasteiger partial charge in [0.15, 0.2) is 0 Å². The Morgan fingerprint density at radius 2 is 2.09 bits per heavy atom. The maximum absolute atomic E-state index is 12.5. The van der Waals surface area contributed by atoms with Crippen LogP contribution in [0.15, 0.2) is 29.2 Å². The number of ether oxygens (including phenoxy) is 2. The molecular weight excluding hydrogens is 498 g/mol. The Balaban J connectivity index is 2.02. The molecule has 1 amide bonds. The van der Waals surface area contributed by atoms with E-state index < -0.39 is 46.7 Å². The predicted octanol–water partition coefficient (Wildman–Crippen LogP) is 0.838. The highest BCUT2D eigenvalue weighted by atomic mass is 32.2. The van der Waals surface area contributed by atoms with Gasteiger partial charge >= 0.3 is 12.1 Å². The number of alkyl carbamates (subject to hydrolysis) is 1. The number of aliphatic hydroxyl groups is 1. The monoisotopic (exact) mass is 525 g/mol. The number of rotatable bonds is 11. The summed E-state index contributed by atoms with van der Waals surface area (Å²) in [4.78, 5) is 24.8. The summed E-state index contributed by atoms with van der Waals surface area (Å²) >= 11 is 1.46. The summed E-state index contributed by atoms with van der Waals surface area (Å²) in [7, 11) is -3.87. The topological polar surface area (TPSA) is 182 Å². The zero-order chi connectivity index (χ0) is 26.0. The summed E-state index contributed by atoms with van der Waals surface area (Å²) in [5, 5.41) is 31.7. The van der Waals surface area contributed by atoms with Gasteiger partial charge in [0.1, 0.15) is 12.3 Å². The minimum absolute atomic E-state index is 0.0145. The fraction of sp³-hybridized carbons (Fsp3) is 0.524. The van der Waals surface area contributed by atoms with Gasteiger partial charge in [-0.1, -0.05) is 6.07 Å². The summed E-state index contributed by atoms with van der Waals surface area (Å²) in [5.74, 6) is 0.231. The van der Waals surface area contributed by atoms with Crippen LogP contribution >= 0.6 is 11.8 Å². The van der Waals surface area contributed by atoms with Crippen LogP contribution in [0.3, 0.4) is 0 Å². The molecule has 4 atom stereocenters. The zero-order valence-corrected chi connectivity index (χ0v) is 20.8. The number of nitrogens with one attached hydrogen (secondary N) is 2. The van der Waals surface area contributed by atoms with Crippen molar-refractivity contribution in [2.75, 3.05) is 18.2 Å². The normalized spacial score (nSPS) is 18.5. The first-order chi connectivity index (χ1) is 16.6. The first-order valence-electron chi connectivity index (χ1n) is 10.6. The van der Waals surface area contributed by atoms with E-state index in [9.17, 15) is 28.4 Å². The molecule has 1 fully saturated rings. The number of hydrogen-bond donors (Lipinski definition) is 3. The van der Waals surface area contributed by atoms with Crippen molar-refractivity contribution >= 4 is 33.8 Å². The van der Waals surface area contributed by atoms with Crippen molar-refractivity contribution in [3.63, 3.8) is 0 Å². The number of aliphatic hydroxyl groups excluding tert-OH is 1. The van der Waals surface area contributed by atoms with E-state index >= 15 is 0 Å². The third-order valence-electron chi connectivity index (χ3n) is 4.93. The number of amides is 1. The van der Waals surface area contributed by atoms with Gasteiger partial charge in [-0.3, -0.25) is 9.69 Å². The Bertz CT molecular complexity index is 1090. The van der Waals surface area contributed by atoms with Crippen LogP contribution in [0.4, 0.5) is 4.79 Å². The molecule has 35 heavy (non-hydrogen) atoms. The molecule has 2 rings (SSSR count). The van der Waals surface area contributed by atoms with Gasteiger partial charge in [0.05, 0.1) is 28.6 Å². The summed E-state index contributed by atoms with van der Waals surface area (Å²) in [5.41, 5.74) is 0.206. The lowest BCUT2D eigenvalue weighted by Crippen LogP contribution is -2.53. The van der Waals surface area contributed by atoms with Gasteiger partial charge in [0.2, 0.25) is 16.3 Å². The molecule has 14 heteroatoms. The molecule has 190 valence electrons. The van der Waals surface area contributed by atoms with E-state index in [2.05, 4.69) is 16.1 Å². The second-order valence-corrected chi connectivity index (χ2v) is 10.4. The minimum Gasteiger partial charge on any atom is -0.426 e. The smallest absolute Gasteiger partial charge is 0.410 e. The number of sulfonamides is 1. The van der Waals surface area contributed by atoms with Gasteiger partial charge in [0, 0.05) is 32.0 Å². The van der Waals surface area contributed by atoms with Crippen molar-refractivity contribution in [2.45, 2.75) is 56.2 Å². The third kappa shape index (κ3) is 8.69. The second kappa shape index (κ2) is 13.3. The van der Waals surface area contributed by atoms with Gasteiger partial charge in [-0.05, 0) is 31.0 Å². The van der Waals surface area contributed by atoms with Gasteiger partial charge in [-0.25, -0.2) is 17.9 Å². The maximum Gasteiger partial charge on any atom is 0.410 e. The van der Waals surface area contributed by atoms with Gasteiger partial charge in [-0.15, -0.1) is 11.8 Å². The van der Waals surface area contributed by atoms with Crippen LogP contribution in [0.5, 0.6) is 0 Å². The number of carbonyl (C=O) groups excluding carboxylic acids is 2. The van der Waals surface area contributed by atoms with Crippen LogP contribution in [0, 0.1) is 22.7 Å². The predicted molar refractivity (Wildman–Crippen MR) is 125 cm³/mol. The molecule has 12 nitrogen and oxygen atoms in total. The quantitative estimate of drug-likeness (QED) is 0.211. The first-order valence-corrected chi connectivity index (χ1v) is 13.3. The van der Waals surface area contributed by atoms with Gasteiger partial charge in [0.25, 0.3) is 0 Å². The van der Waals surface area contributed by atoms with Gasteiger partial charge < -0.3 is 19.9 Å². The molecule has 2 unspecified atom stereocenters. The molecule has 1 aromatic rings. The highest BCUT2D eigenvalue weighted by Gasteiger charge is 2.35. The molecule has 1 aromatic carbocycles. The number of carbonyl (C=O) groups is 2. The Morgan fingerprint density at radius 1 is 1.34 bits per heavy atom. The molecule has 0 bridgehead atoms. The number of hydrogen-bond acceptors (Lipinski definition) is 11. The Kier molecular flexibility index (Phi) is 10.8. The van der Waals surface area contributed by atoms with E-state index in [4.69, 9.17) is 14.7 Å². The van der Waals surface area contributed by atoms with Crippen molar-refractivity contribution < 1.29 is 32.6 Å². The van der Waals surface area contributed by atoms with Crippen molar-refractivity contribution in [1.29, 1.82) is 10.5 Å². The molecule has 0 aliphatic carbocycles. The molecule has 0 spiro atoms. The SMILES string of the molecule is CC(=O)OC(C)OC(=O)N[C@@H](CCCNS(=O)(=O)c1cccc(C#N)c1)C(O)N1CSC[C@H]1C#N. The summed E-state index contributed by atoms with van der Waals surface area (Å²) in [6.07, 6.45) is -2.99. The largest absolute Gasteiger partial charge is 0.426 e. The van der Waals surface area contributed by atoms with Crippen LogP contribution < -0.4 is 10.0 Å². The molecule has 1 aliphatic rings. The lowest BCUT2D eigenvalue weighted by molar-refractivity contribution is -0.162. The van der Waals surface area contributed by atoms with E-state index in [0.29, 0.717) is 11.6 Å².